The van der Waals surface area contributed by atoms with Crippen LogP contribution in [0.4, 0.5) is 0 Å². The van der Waals surface area contributed by atoms with Crippen molar-refractivity contribution in [3.8, 4) is 0 Å². The van der Waals surface area contributed by atoms with Gasteiger partial charge in [-0.05, 0) is 32.7 Å². The van der Waals surface area contributed by atoms with E-state index in [2.05, 4.69) is 84.9 Å². The fraction of sp³-hybridized carbons (Fsp3) is 0.0909. The van der Waals surface area contributed by atoms with Crippen molar-refractivity contribution in [2.75, 3.05) is 0 Å². The number of hydrogen-bond acceptors (Lipinski definition) is 1. The minimum absolute atomic E-state index is 0.736. The van der Waals surface area contributed by atoms with Gasteiger partial charge in [-0.1, -0.05) is 84.9 Å². The molecule has 0 aliphatic rings. The van der Waals surface area contributed by atoms with Crippen LogP contribution in [0.5, 0.6) is 0 Å². The Hall–Kier alpha value is -2.21. The SMILES string of the molecule is OP(Cc1cccc2ccccc12)Cc1cccc2ccccc12. The third-order valence-corrected chi connectivity index (χ3v) is 5.88. The van der Waals surface area contributed by atoms with Crippen molar-refractivity contribution in [1.29, 1.82) is 0 Å². The van der Waals surface area contributed by atoms with Gasteiger partial charge >= 0.3 is 0 Å². The summed E-state index contributed by atoms with van der Waals surface area (Å²) in [7, 11) is -1.08. The third kappa shape index (κ3) is 3.06. The van der Waals surface area contributed by atoms with Crippen LogP contribution in [0.15, 0.2) is 84.9 Å². The van der Waals surface area contributed by atoms with Gasteiger partial charge in [-0.2, -0.15) is 0 Å². The van der Waals surface area contributed by atoms with Gasteiger partial charge in [-0.3, -0.25) is 0 Å². The van der Waals surface area contributed by atoms with Crippen LogP contribution in [0.25, 0.3) is 21.5 Å². The zero-order valence-electron chi connectivity index (χ0n) is 13.4. The van der Waals surface area contributed by atoms with Crippen molar-refractivity contribution >= 4 is 29.7 Å². The quantitative estimate of drug-likeness (QED) is 0.449. The predicted octanol–water partition coefficient (Wildman–Crippen LogP) is 6.08. The summed E-state index contributed by atoms with van der Waals surface area (Å²) in [4.78, 5) is 10.7. The highest BCUT2D eigenvalue weighted by atomic mass is 31.1. The highest BCUT2D eigenvalue weighted by Crippen LogP contribution is 2.41. The number of rotatable bonds is 4. The van der Waals surface area contributed by atoms with E-state index in [1.807, 2.05) is 0 Å². The molecule has 2 heteroatoms. The normalized spacial score (nSPS) is 11.4. The molecular weight excluding hydrogens is 311 g/mol. The van der Waals surface area contributed by atoms with Gasteiger partial charge < -0.3 is 4.89 Å². The zero-order chi connectivity index (χ0) is 16.4. The van der Waals surface area contributed by atoms with Crippen molar-refractivity contribution in [1.82, 2.24) is 0 Å². The Morgan fingerprint density at radius 3 is 1.46 bits per heavy atom. The van der Waals surface area contributed by atoms with E-state index in [0.29, 0.717) is 0 Å². The molecule has 0 bridgehead atoms. The van der Waals surface area contributed by atoms with Crippen LogP contribution < -0.4 is 0 Å². The molecule has 118 valence electrons. The van der Waals surface area contributed by atoms with Crippen LogP contribution in [-0.4, -0.2) is 4.89 Å². The molecule has 0 fully saturated rings. The highest BCUT2D eigenvalue weighted by Gasteiger charge is 2.11. The van der Waals surface area contributed by atoms with E-state index in [-0.39, 0.29) is 0 Å². The van der Waals surface area contributed by atoms with Gasteiger partial charge in [0.25, 0.3) is 0 Å². The summed E-state index contributed by atoms with van der Waals surface area (Å²) in [6, 6.07) is 29.5. The maximum Gasteiger partial charge on any atom is 0.0341 e. The van der Waals surface area contributed by atoms with Crippen molar-refractivity contribution in [3.05, 3.63) is 96.1 Å². The molecule has 0 atom stereocenters. The first-order valence-electron chi connectivity index (χ1n) is 8.18. The average molecular weight is 330 g/mol. The Kier molecular flexibility index (Phi) is 4.30. The fourth-order valence-corrected chi connectivity index (χ4v) is 4.76. The van der Waals surface area contributed by atoms with E-state index in [9.17, 15) is 4.89 Å². The molecule has 0 aliphatic carbocycles. The molecule has 1 N–H and O–H groups in total. The van der Waals surface area contributed by atoms with Crippen LogP contribution in [0.3, 0.4) is 0 Å². The average Bonchev–Trinajstić information content (AvgIpc) is 2.62. The van der Waals surface area contributed by atoms with E-state index in [1.165, 1.54) is 32.7 Å². The first kappa shape index (κ1) is 15.3. The second-order valence-electron chi connectivity index (χ2n) is 6.10. The smallest absolute Gasteiger partial charge is 0.0341 e. The first-order valence-corrected chi connectivity index (χ1v) is 9.85. The third-order valence-electron chi connectivity index (χ3n) is 4.47. The Morgan fingerprint density at radius 2 is 0.958 bits per heavy atom. The minimum Gasteiger partial charge on any atom is -0.373 e. The molecule has 0 saturated heterocycles. The van der Waals surface area contributed by atoms with Crippen LogP contribution in [-0.2, 0) is 12.3 Å². The summed E-state index contributed by atoms with van der Waals surface area (Å²) in [6.45, 7) is 0. The van der Waals surface area contributed by atoms with E-state index in [0.717, 1.165) is 12.3 Å². The molecule has 1 nitrogen and oxygen atoms in total. The van der Waals surface area contributed by atoms with Gasteiger partial charge in [0.05, 0.1) is 0 Å². The lowest BCUT2D eigenvalue weighted by molar-refractivity contribution is 0.621. The van der Waals surface area contributed by atoms with Crippen molar-refractivity contribution < 1.29 is 4.89 Å². The van der Waals surface area contributed by atoms with Gasteiger partial charge in [0.2, 0.25) is 0 Å². The molecule has 0 unspecified atom stereocenters. The Balaban J connectivity index is 1.61. The second-order valence-corrected chi connectivity index (χ2v) is 7.74. The minimum atomic E-state index is -1.08. The molecule has 4 aromatic carbocycles. The largest absolute Gasteiger partial charge is 0.373 e. The fourth-order valence-electron chi connectivity index (χ4n) is 3.31. The highest BCUT2D eigenvalue weighted by molar-refractivity contribution is 7.49. The van der Waals surface area contributed by atoms with Crippen LogP contribution >= 0.6 is 8.15 Å². The molecule has 4 aromatic rings. The molecule has 0 aliphatic heterocycles. The molecule has 0 radical (unpaired) electrons. The molecule has 24 heavy (non-hydrogen) atoms. The maximum absolute atomic E-state index is 10.7. The zero-order valence-corrected chi connectivity index (χ0v) is 14.3. The summed E-state index contributed by atoms with van der Waals surface area (Å²) in [5.74, 6) is 0. The first-order chi connectivity index (χ1) is 11.8. The van der Waals surface area contributed by atoms with E-state index >= 15 is 0 Å². The van der Waals surface area contributed by atoms with Gasteiger partial charge in [0.15, 0.2) is 0 Å². The number of benzene rings is 4. The summed E-state index contributed by atoms with van der Waals surface area (Å²) in [5.41, 5.74) is 2.48. The molecule has 4 rings (SSSR count). The summed E-state index contributed by atoms with van der Waals surface area (Å²) < 4.78 is 0. The lowest BCUT2D eigenvalue weighted by atomic mass is 10.1. The lowest BCUT2D eigenvalue weighted by Crippen LogP contribution is -1.91. The molecule has 0 heterocycles. The van der Waals surface area contributed by atoms with Crippen LogP contribution in [0, 0.1) is 0 Å². The van der Waals surface area contributed by atoms with Gasteiger partial charge in [-0.15, -0.1) is 0 Å². The topological polar surface area (TPSA) is 20.2 Å². The second kappa shape index (κ2) is 6.73. The van der Waals surface area contributed by atoms with Gasteiger partial charge in [0.1, 0.15) is 0 Å². The lowest BCUT2D eigenvalue weighted by Gasteiger charge is -2.14. The molecule has 0 spiro atoms. The van der Waals surface area contributed by atoms with Crippen LogP contribution in [0.2, 0.25) is 0 Å². The van der Waals surface area contributed by atoms with E-state index in [4.69, 9.17) is 0 Å². The van der Waals surface area contributed by atoms with E-state index < -0.39 is 8.15 Å². The maximum atomic E-state index is 10.7. The number of fused-ring (bicyclic) bond motifs is 2. The summed E-state index contributed by atoms with van der Waals surface area (Å²) in [5, 5.41) is 4.98. The predicted molar refractivity (Wildman–Crippen MR) is 104 cm³/mol. The van der Waals surface area contributed by atoms with Gasteiger partial charge in [-0.25, -0.2) is 0 Å². The Morgan fingerprint density at radius 1 is 0.542 bits per heavy atom. The van der Waals surface area contributed by atoms with Crippen molar-refractivity contribution in [2.24, 2.45) is 0 Å². The molecule has 0 aromatic heterocycles. The van der Waals surface area contributed by atoms with Crippen LogP contribution in [0.1, 0.15) is 11.1 Å². The van der Waals surface area contributed by atoms with Crippen molar-refractivity contribution in [2.45, 2.75) is 12.3 Å². The monoisotopic (exact) mass is 330 g/mol. The standard InChI is InChI=1S/C22H19OP/c23-24(15-19-11-5-9-17-7-1-3-13-21(17)19)16-20-12-6-10-18-8-2-4-14-22(18)20/h1-14,23H,15-16H2. The van der Waals surface area contributed by atoms with Crippen molar-refractivity contribution in [3.63, 3.8) is 0 Å². The summed E-state index contributed by atoms with van der Waals surface area (Å²) >= 11 is 0. The summed E-state index contributed by atoms with van der Waals surface area (Å²) in [6.07, 6.45) is 1.47. The molecule has 0 amide bonds. The Bertz CT molecular complexity index is 901. The molecule has 0 saturated carbocycles. The number of hydrogen-bond donors (Lipinski definition) is 1. The van der Waals surface area contributed by atoms with E-state index in [1.54, 1.807) is 0 Å². The Labute approximate surface area is 143 Å². The van der Waals surface area contributed by atoms with Gasteiger partial charge in [0, 0.05) is 20.5 Å². The molecular formula is C22H19OP.